The lowest BCUT2D eigenvalue weighted by Crippen LogP contribution is -1.38. The molecular weight excluding hydrogens is 137 g/mol. The number of nitrogens with zero attached hydrogens (tertiary/aromatic N) is 1. The first-order chi connectivity index (χ1) is 4.41. The van der Waals surface area contributed by atoms with E-state index in [1.165, 1.54) is 6.08 Å². The molecule has 1 aromatic heterocycles. The molecule has 1 heterocycles. The molecule has 0 aliphatic carbocycles. The number of hydrogen-bond acceptors (Lipinski definition) is 2. The fourth-order valence-corrected chi connectivity index (χ4v) is 0.527. The monoisotopic (exact) mass is 145 g/mol. The fraction of sp³-hybridized carbons (Fsp3) is 0.167. The van der Waals surface area contributed by atoms with Gasteiger partial charge in [-0.1, -0.05) is 6.08 Å². The molecular formula is C6H8FNS. The first-order valence-corrected chi connectivity index (χ1v) is 3.39. The molecule has 0 saturated heterocycles. The van der Waals surface area contributed by atoms with E-state index in [9.17, 15) is 4.39 Å². The van der Waals surface area contributed by atoms with Crippen LogP contribution in [-0.2, 0) is 0 Å². The molecule has 9 heavy (non-hydrogen) atoms. The SMILES string of the molecule is C/C=C/F.c1cscn1. The van der Waals surface area contributed by atoms with Crippen LogP contribution in [0.5, 0.6) is 0 Å². The van der Waals surface area contributed by atoms with Gasteiger partial charge in [0.25, 0.3) is 0 Å². The highest BCUT2D eigenvalue weighted by Crippen LogP contribution is 1.85. The molecule has 0 saturated carbocycles. The van der Waals surface area contributed by atoms with Crippen molar-refractivity contribution in [1.82, 2.24) is 4.98 Å². The first kappa shape index (κ1) is 8.30. The van der Waals surface area contributed by atoms with Gasteiger partial charge in [-0.05, 0) is 6.92 Å². The molecule has 0 radical (unpaired) electrons. The second kappa shape index (κ2) is 7.30. The summed E-state index contributed by atoms with van der Waals surface area (Å²) < 4.78 is 10.5. The topological polar surface area (TPSA) is 12.9 Å². The lowest BCUT2D eigenvalue weighted by molar-refractivity contribution is 0.719. The quantitative estimate of drug-likeness (QED) is 0.547. The van der Waals surface area contributed by atoms with Gasteiger partial charge < -0.3 is 0 Å². The average Bonchev–Trinajstić information content (AvgIpc) is 2.43. The maximum absolute atomic E-state index is 10.5. The van der Waals surface area contributed by atoms with E-state index in [1.807, 2.05) is 5.38 Å². The summed E-state index contributed by atoms with van der Waals surface area (Å²) in [5.41, 5.74) is 1.79. The molecule has 0 aromatic carbocycles. The van der Waals surface area contributed by atoms with Gasteiger partial charge in [0.2, 0.25) is 0 Å². The lowest BCUT2D eigenvalue weighted by Gasteiger charge is -1.45. The maximum Gasteiger partial charge on any atom is 0.0824 e. The Balaban J connectivity index is 0.000000148. The van der Waals surface area contributed by atoms with Crippen LogP contribution in [0.2, 0.25) is 0 Å². The highest BCUT2D eigenvalue weighted by Gasteiger charge is 1.59. The zero-order valence-electron chi connectivity index (χ0n) is 5.12. The van der Waals surface area contributed by atoms with E-state index < -0.39 is 0 Å². The molecule has 0 fully saturated rings. The van der Waals surface area contributed by atoms with Crippen LogP contribution in [0.4, 0.5) is 4.39 Å². The molecule has 0 N–H and O–H groups in total. The second-order valence-electron chi connectivity index (χ2n) is 1.14. The molecule has 50 valence electrons. The molecule has 0 bridgehead atoms. The minimum absolute atomic E-state index is 0.500. The summed E-state index contributed by atoms with van der Waals surface area (Å²) in [6.45, 7) is 1.62. The summed E-state index contributed by atoms with van der Waals surface area (Å²) in [5.74, 6) is 0. The van der Waals surface area contributed by atoms with Crippen LogP contribution >= 0.6 is 11.3 Å². The molecule has 0 atom stereocenters. The molecule has 0 spiro atoms. The summed E-state index contributed by atoms with van der Waals surface area (Å²) in [5, 5.41) is 1.93. The van der Waals surface area contributed by atoms with E-state index in [1.54, 1.807) is 30.0 Å². The van der Waals surface area contributed by atoms with Gasteiger partial charge in [0, 0.05) is 11.6 Å². The number of thiazole rings is 1. The highest BCUT2D eigenvalue weighted by molar-refractivity contribution is 7.07. The number of halogens is 1. The summed E-state index contributed by atoms with van der Waals surface area (Å²) in [4.78, 5) is 3.74. The van der Waals surface area contributed by atoms with Gasteiger partial charge >= 0.3 is 0 Å². The zero-order chi connectivity index (χ0) is 6.95. The van der Waals surface area contributed by atoms with Gasteiger partial charge in [-0.2, -0.15) is 0 Å². The second-order valence-corrected chi connectivity index (χ2v) is 1.89. The van der Waals surface area contributed by atoms with E-state index in [2.05, 4.69) is 4.98 Å². The van der Waals surface area contributed by atoms with Crippen LogP contribution in [0.1, 0.15) is 6.92 Å². The summed E-state index contributed by atoms with van der Waals surface area (Å²) in [6.07, 6.45) is 3.60. The normalized spacial score (nSPS) is 8.67. The summed E-state index contributed by atoms with van der Waals surface area (Å²) in [7, 11) is 0. The Kier molecular flexibility index (Phi) is 6.73. The third-order valence-corrected chi connectivity index (χ3v) is 0.995. The van der Waals surface area contributed by atoms with Gasteiger partial charge in [-0.15, -0.1) is 11.3 Å². The maximum atomic E-state index is 10.5. The van der Waals surface area contributed by atoms with Crippen molar-refractivity contribution >= 4 is 11.3 Å². The zero-order valence-corrected chi connectivity index (χ0v) is 5.94. The Bertz CT molecular complexity index is 116. The predicted octanol–water partition coefficient (Wildman–Crippen LogP) is 2.63. The average molecular weight is 145 g/mol. The standard InChI is InChI=1S/C3H5F.C3H3NS/c1-2-3-4;1-2-5-3-4-1/h2-3H,1H3;1-3H/b3-2+;. The number of rotatable bonds is 0. The van der Waals surface area contributed by atoms with E-state index in [-0.39, 0.29) is 0 Å². The third kappa shape index (κ3) is 7.30. The van der Waals surface area contributed by atoms with Crippen molar-refractivity contribution in [2.75, 3.05) is 0 Å². The highest BCUT2D eigenvalue weighted by atomic mass is 32.1. The Morgan fingerprint density at radius 1 is 1.67 bits per heavy atom. The fourth-order valence-electron chi connectivity index (χ4n) is 0.176. The van der Waals surface area contributed by atoms with E-state index in [0.717, 1.165) is 0 Å². The molecule has 1 aromatic rings. The molecule has 0 unspecified atom stereocenters. The van der Waals surface area contributed by atoms with Gasteiger partial charge in [0.15, 0.2) is 0 Å². The Morgan fingerprint density at radius 3 is 2.44 bits per heavy atom. The van der Waals surface area contributed by atoms with Crippen molar-refractivity contribution in [2.45, 2.75) is 6.92 Å². The van der Waals surface area contributed by atoms with E-state index in [4.69, 9.17) is 0 Å². The lowest BCUT2D eigenvalue weighted by atomic mass is 10.8. The first-order valence-electron chi connectivity index (χ1n) is 2.45. The minimum atomic E-state index is 0.500. The molecule has 3 heteroatoms. The largest absolute Gasteiger partial charge is 0.253 e. The van der Waals surface area contributed by atoms with Gasteiger partial charge in [0.1, 0.15) is 0 Å². The minimum Gasteiger partial charge on any atom is -0.253 e. The molecule has 0 amide bonds. The Morgan fingerprint density at radius 2 is 2.33 bits per heavy atom. The molecule has 0 aliphatic rings. The van der Waals surface area contributed by atoms with Gasteiger partial charge in [0.05, 0.1) is 11.8 Å². The molecule has 1 rings (SSSR count). The van der Waals surface area contributed by atoms with Crippen LogP contribution in [0, 0.1) is 0 Å². The van der Waals surface area contributed by atoms with Crippen LogP contribution in [0.3, 0.4) is 0 Å². The number of hydrogen-bond donors (Lipinski definition) is 0. The van der Waals surface area contributed by atoms with Crippen molar-refractivity contribution in [3.63, 3.8) is 0 Å². The van der Waals surface area contributed by atoms with E-state index >= 15 is 0 Å². The van der Waals surface area contributed by atoms with Gasteiger partial charge in [-0.25, -0.2) is 4.39 Å². The third-order valence-electron chi connectivity index (χ3n) is 0.473. The van der Waals surface area contributed by atoms with Crippen LogP contribution < -0.4 is 0 Å². The van der Waals surface area contributed by atoms with Crippen molar-refractivity contribution in [3.05, 3.63) is 29.5 Å². The van der Waals surface area contributed by atoms with Crippen LogP contribution in [0.15, 0.2) is 29.5 Å². The summed E-state index contributed by atoms with van der Waals surface area (Å²) in [6, 6.07) is 0. The van der Waals surface area contributed by atoms with Crippen molar-refractivity contribution in [2.24, 2.45) is 0 Å². The Labute approximate surface area is 57.9 Å². The molecule has 1 nitrogen and oxygen atoms in total. The number of aromatic nitrogens is 1. The van der Waals surface area contributed by atoms with Gasteiger partial charge in [-0.3, -0.25) is 4.98 Å². The predicted molar refractivity (Wildman–Crippen MR) is 38.0 cm³/mol. The molecule has 0 aliphatic heterocycles. The Hall–Kier alpha value is -0.700. The van der Waals surface area contributed by atoms with Crippen molar-refractivity contribution in [3.8, 4) is 0 Å². The smallest absolute Gasteiger partial charge is 0.0824 e. The van der Waals surface area contributed by atoms with Crippen molar-refractivity contribution < 1.29 is 4.39 Å². The van der Waals surface area contributed by atoms with Crippen LogP contribution in [0.25, 0.3) is 0 Å². The summed E-state index contributed by atoms with van der Waals surface area (Å²) >= 11 is 1.60. The van der Waals surface area contributed by atoms with Crippen molar-refractivity contribution in [1.29, 1.82) is 0 Å². The number of allylic oxidation sites excluding steroid dienone is 1. The van der Waals surface area contributed by atoms with Crippen LogP contribution in [-0.4, -0.2) is 4.98 Å². The van der Waals surface area contributed by atoms with E-state index in [0.29, 0.717) is 6.33 Å².